The van der Waals surface area contributed by atoms with Gasteiger partial charge in [-0.3, -0.25) is 4.79 Å². The monoisotopic (exact) mass is 380 g/mol. The van der Waals surface area contributed by atoms with Gasteiger partial charge in [-0.25, -0.2) is 9.97 Å². The fraction of sp³-hybridized carbons (Fsp3) is 0.381. The van der Waals surface area contributed by atoms with Crippen LogP contribution in [-0.2, 0) is 6.42 Å². The number of nitrogens with zero attached hydrogens (tertiary/aromatic N) is 4. The minimum absolute atomic E-state index is 0.118. The molecule has 1 aromatic carbocycles. The molecule has 5 nitrogen and oxygen atoms in total. The first kappa shape index (κ1) is 17.9. The Bertz CT molecular complexity index is 972. The number of piperazine rings is 1. The number of rotatable bonds is 3. The van der Waals surface area contributed by atoms with Gasteiger partial charge in [-0.2, -0.15) is 0 Å². The van der Waals surface area contributed by atoms with Crippen LogP contribution in [0.25, 0.3) is 10.2 Å². The number of carbonyl (C=O) groups is 1. The molecule has 1 fully saturated rings. The predicted octanol–water partition coefficient (Wildman–Crippen LogP) is 3.83. The van der Waals surface area contributed by atoms with E-state index in [4.69, 9.17) is 0 Å². The molecule has 0 atom stereocenters. The van der Waals surface area contributed by atoms with E-state index in [9.17, 15) is 4.79 Å². The predicted molar refractivity (Wildman–Crippen MR) is 111 cm³/mol. The molecular formula is C21H24N4OS. The molecule has 4 rings (SSSR count). The summed E-state index contributed by atoms with van der Waals surface area (Å²) >= 11 is 1.72. The molecule has 1 aliphatic rings. The van der Waals surface area contributed by atoms with E-state index in [1.165, 1.54) is 16.0 Å². The van der Waals surface area contributed by atoms with Gasteiger partial charge in [0.15, 0.2) is 0 Å². The van der Waals surface area contributed by atoms with Crippen LogP contribution >= 0.6 is 11.3 Å². The Labute approximate surface area is 163 Å². The normalized spacial score (nSPS) is 14.8. The van der Waals surface area contributed by atoms with Crippen molar-refractivity contribution in [3.05, 3.63) is 52.2 Å². The van der Waals surface area contributed by atoms with E-state index in [2.05, 4.69) is 35.6 Å². The Balaban J connectivity index is 1.50. The molecule has 1 amide bonds. The largest absolute Gasteiger partial charge is 0.352 e. The lowest BCUT2D eigenvalue weighted by molar-refractivity contribution is 0.0746. The van der Waals surface area contributed by atoms with Gasteiger partial charge in [0.1, 0.15) is 17.0 Å². The van der Waals surface area contributed by atoms with E-state index < -0.39 is 0 Å². The van der Waals surface area contributed by atoms with Gasteiger partial charge in [0.2, 0.25) is 0 Å². The number of benzene rings is 1. The standard InChI is InChI=1S/C21H24N4OS/c1-4-16-5-7-17(8-6-16)21(26)25-11-9-24(10-12-25)19-18-14(2)15(3)27-20(18)23-13-22-19/h5-8,13H,4,9-12H2,1-3H3. The summed E-state index contributed by atoms with van der Waals surface area (Å²) in [7, 11) is 0. The fourth-order valence-corrected chi connectivity index (χ4v) is 4.58. The highest BCUT2D eigenvalue weighted by Gasteiger charge is 2.25. The van der Waals surface area contributed by atoms with Crippen molar-refractivity contribution in [2.45, 2.75) is 27.2 Å². The second-order valence-electron chi connectivity index (χ2n) is 6.99. The van der Waals surface area contributed by atoms with Crippen LogP contribution in [-0.4, -0.2) is 47.0 Å². The van der Waals surface area contributed by atoms with Crippen molar-refractivity contribution < 1.29 is 4.79 Å². The van der Waals surface area contributed by atoms with Crippen LogP contribution in [0.1, 0.15) is 33.3 Å². The molecule has 1 saturated heterocycles. The zero-order chi connectivity index (χ0) is 19.0. The molecule has 0 aliphatic carbocycles. The number of carbonyl (C=O) groups excluding carboxylic acids is 1. The van der Waals surface area contributed by atoms with Crippen LogP contribution in [0.4, 0.5) is 5.82 Å². The lowest BCUT2D eigenvalue weighted by Crippen LogP contribution is -2.49. The molecule has 6 heteroatoms. The van der Waals surface area contributed by atoms with Crippen LogP contribution in [0, 0.1) is 13.8 Å². The van der Waals surface area contributed by atoms with Crippen molar-refractivity contribution in [1.29, 1.82) is 0 Å². The zero-order valence-corrected chi connectivity index (χ0v) is 16.8. The second-order valence-corrected chi connectivity index (χ2v) is 8.19. The molecular weight excluding hydrogens is 356 g/mol. The molecule has 3 heterocycles. The highest BCUT2D eigenvalue weighted by atomic mass is 32.1. The van der Waals surface area contributed by atoms with Gasteiger partial charge >= 0.3 is 0 Å². The van der Waals surface area contributed by atoms with Gasteiger partial charge in [0.05, 0.1) is 5.39 Å². The molecule has 0 radical (unpaired) electrons. The maximum absolute atomic E-state index is 12.8. The number of thiophene rings is 1. The highest BCUT2D eigenvalue weighted by Crippen LogP contribution is 2.34. The van der Waals surface area contributed by atoms with Gasteiger partial charge in [-0.1, -0.05) is 19.1 Å². The number of amides is 1. The third-order valence-corrected chi connectivity index (χ3v) is 6.54. The average Bonchev–Trinajstić information content (AvgIpc) is 3.01. The van der Waals surface area contributed by atoms with Crippen LogP contribution in [0.3, 0.4) is 0 Å². The number of anilines is 1. The first-order valence-electron chi connectivity index (χ1n) is 9.42. The zero-order valence-electron chi connectivity index (χ0n) is 16.0. The Morgan fingerprint density at radius 2 is 1.78 bits per heavy atom. The molecule has 0 N–H and O–H groups in total. The molecule has 0 unspecified atom stereocenters. The maximum Gasteiger partial charge on any atom is 0.253 e. The second kappa shape index (κ2) is 7.27. The SMILES string of the molecule is CCc1ccc(C(=O)N2CCN(c3ncnc4sc(C)c(C)c34)CC2)cc1. The summed E-state index contributed by atoms with van der Waals surface area (Å²) in [4.78, 5) is 28.4. The molecule has 0 saturated carbocycles. The average molecular weight is 381 g/mol. The maximum atomic E-state index is 12.8. The van der Waals surface area contributed by atoms with Gasteiger partial charge < -0.3 is 9.80 Å². The number of aromatic nitrogens is 2. The van der Waals surface area contributed by atoms with Crippen molar-refractivity contribution in [3.63, 3.8) is 0 Å². The minimum Gasteiger partial charge on any atom is -0.352 e. The molecule has 2 aromatic heterocycles. The van der Waals surface area contributed by atoms with E-state index in [1.807, 2.05) is 29.2 Å². The van der Waals surface area contributed by atoms with Crippen LogP contribution in [0.15, 0.2) is 30.6 Å². The van der Waals surface area contributed by atoms with E-state index in [-0.39, 0.29) is 5.91 Å². The van der Waals surface area contributed by atoms with Crippen molar-refractivity contribution >= 4 is 33.3 Å². The fourth-order valence-electron chi connectivity index (χ4n) is 3.59. The van der Waals surface area contributed by atoms with E-state index in [0.717, 1.165) is 41.1 Å². The molecule has 0 bridgehead atoms. The molecule has 0 spiro atoms. The van der Waals surface area contributed by atoms with Gasteiger partial charge in [0, 0.05) is 36.6 Å². The summed E-state index contributed by atoms with van der Waals surface area (Å²) < 4.78 is 0. The topological polar surface area (TPSA) is 49.3 Å². The Morgan fingerprint density at radius 1 is 1.07 bits per heavy atom. The summed E-state index contributed by atoms with van der Waals surface area (Å²) in [5.41, 5.74) is 3.29. The molecule has 140 valence electrons. The Hall–Kier alpha value is -2.47. The van der Waals surface area contributed by atoms with Crippen LogP contribution in [0.2, 0.25) is 0 Å². The lowest BCUT2D eigenvalue weighted by Gasteiger charge is -2.35. The third-order valence-electron chi connectivity index (χ3n) is 5.42. The summed E-state index contributed by atoms with van der Waals surface area (Å²) in [5, 5.41) is 1.16. The van der Waals surface area contributed by atoms with Crippen LogP contribution < -0.4 is 4.90 Å². The smallest absolute Gasteiger partial charge is 0.253 e. The number of fused-ring (bicyclic) bond motifs is 1. The number of aryl methyl sites for hydroxylation is 3. The van der Waals surface area contributed by atoms with Crippen molar-refractivity contribution in [3.8, 4) is 0 Å². The minimum atomic E-state index is 0.118. The molecule has 3 aromatic rings. The third kappa shape index (κ3) is 3.30. The Morgan fingerprint density at radius 3 is 2.44 bits per heavy atom. The molecule has 27 heavy (non-hydrogen) atoms. The van der Waals surface area contributed by atoms with E-state index >= 15 is 0 Å². The van der Waals surface area contributed by atoms with E-state index in [1.54, 1.807) is 17.7 Å². The summed E-state index contributed by atoms with van der Waals surface area (Å²) in [6, 6.07) is 7.98. The van der Waals surface area contributed by atoms with Crippen molar-refractivity contribution in [1.82, 2.24) is 14.9 Å². The molecule has 1 aliphatic heterocycles. The quantitative estimate of drug-likeness (QED) is 0.693. The lowest BCUT2D eigenvalue weighted by atomic mass is 10.1. The van der Waals surface area contributed by atoms with Gasteiger partial charge in [-0.15, -0.1) is 11.3 Å². The first-order valence-corrected chi connectivity index (χ1v) is 10.2. The number of hydrogen-bond donors (Lipinski definition) is 0. The van der Waals surface area contributed by atoms with Crippen molar-refractivity contribution in [2.75, 3.05) is 31.1 Å². The highest BCUT2D eigenvalue weighted by molar-refractivity contribution is 7.18. The first-order chi connectivity index (χ1) is 13.1. The van der Waals surface area contributed by atoms with Crippen molar-refractivity contribution in [2.24, 2.45) is 0 Å². The van der Waals surface area contributed by atoms with Gasteiger partial charge in [0.25, 0.3) is 5.91 Å². The summed E-state index contributed by atoms with van der Waals surface area (Å²) in [5.74, 6) is 1.12. The summed E-state index contributed by atoms with van der Waals surface area (Å²) in [6.07, 6.45) is 2.64. The van der Waals surface area contributed by atoms with Crippen LogP contribution in [0.5, 0.6) is 0 Å². The Kier molecular flexibility index (Phi) is 4.83. The number of hydrogen-bond acceptors (Lipinski definition) is 5. The van der Waals surface area contributed by atoms with Gasteiger partial charge in [-0.05, 0) is 43.5 Å². The van der Waals surface area contributed by atoms with E-state index in [0.29, 0.717) is 13.1 Å². The summed E-state index contributed by atoms with van der Waals surface area (Å²) in [6.45, 7) is 9.39.